The minimum Gasteiger partial charge on any atom is -0.492 e. The molecule has 2 nitrogen and oxygen atoms in total. The quantitative estimate of drug-likeness (QED) is 0.642. The summed E-state index contributed by atoms with van der Waals surface area (Å²) in [5.74, 6) is 0.939. The van der Waals surface area contributed by atoms with E-state index in [9.17, 15) is 4.79 Å². The number of hydrogen-bond donors (Lipinski definition) is 0. The predicted molar refractivity (Wildman–Crippen MR) is 52.7 cm³/mol. The molecule has 0 atom stereocenters. The third kappa shape index (κ3) is 1.44. The summed E-state index contributed by atoms with van der Waals surface area (Å²) in [7, 11) is 0. The molecule has 1 aliphatic heterocycles. The van der Waals surface area contributed by atoms with Gasteiger partial charge >= 0.3 is 0 Å². The van der Waals surface area contributed by atoms with Gasteiger partial charge in [-0.05, 0) is 18.4 Å². The second-order valence-corrected chi connectivity index (χ2v) is 3.70. The maximum Gasteiger partial charge on any atom is 0.171 e. The molecule has 13 heavy (non-hydrogen) atoms. The molecule has 3 heteroatoms. The topological polar surface area (TPSA) is 26.3 Å². The minimum absolute atomic E-state index is 0.200. The summed E-state index contributed by atoms with van der Waals surface area (Å²) in [4.78, 5) is 12.6. The van der Waals surface area contributed by atoms with Gasteiger partial charge in [-0.3, -0.25) is 4.79 Å². The van der Waals surface area contributed by atoms with Crippen LogP contribution in [0.1, 0.15) is 16.8 Å². The third-order valence-electron chi connectivity index (χ3n) is 2.07. The molecule has 0 unspecified atom stereocenters. The number of ketones is 1. The van der Waals surface area contributed by atoms with E-state index in [1.165, 1.54) is 0 Å². The Kier molecular flexibility index (Phi) is 2.27. The highest BCUT2D eigenvalue weighted by Gasteiger charge is 2.20. The van der Waals surface area contributed by atoms with Gasteiger partial charge in [0.25, 0.3) is 0 Å². The fraction of sp³-hybridized carbons (Fsp3) is 0.300. The smallest absolute Gasteiger partial charge is 0.171 e. The Morgan fingerprint density at radius 1 is 1.46 bits per heavy atom. The second kappa shape index (κ2) is 3.42. The molecule has 1 aromatic rings. The number of carbonyl (C=O) groups is 1. The Hall–Kier alpha value is -0.960. The lowest BCUT2D eigenvalue weighted by molar-refractivity contribution is 0.0929. The summed E-state index contributed by atoms with van der Waals surface area (Å²) in [5, 5.41) is 0. The molecular formula is C10H10O2S. The van der Waals surface area contributed by atoms with E-state index in [4.69, 9.17) is 4.74 Å². The van der Waals surface area contributed by atoms with E-state index >= 15 is 0 Å². The lowest BCUT2D eigenvalue weighted by Crippen LogP contribution is -2.15. The molecule has 1 aromatic carbocycles. The van der Waals surface area contributed by atoms with Crippen molar-refractivity contribution in [3.8, 4) is 5.75 Å². The van der Waals surface area contributed by atoms with E-state index in [2.05, 4.69) is 0 Å². The van der Waals surface area contributed by atoms with Crippen molar-refractivity contribution in [1.29, 1.82) is 0 Å². The van der Waals surface area contributed by atoms with Crippen molar-refractivity contribution in [2.45, 2.75) is 11.3 Å². The van der Waals surface area contributed by atoms with Crippen molar-refractivity contribution in [1.82, 2.24) is 0 Å². The monoisotopic (exact) mass is 194 g/mol. The van der Waals surface area contributed by atoms with Crippen LogP contribution in [0.2, 0.25) is 0 Å². The molecule has 1 aliphatic rings. The van der Waals surface area contributed by atoms with Gasteiger partial charge < -0.3 is 4.74 Å². The fourth-order valence-electron chi connectivity index (χ4n) is 1.45. The highest BCUT2D eigenvalue weighted by molar-refractivity contribution is 7.98. The lowest BCUT2D eigenvalue weighted by Gasteiger charge is -2.17. The largest absolute Gasteiger partial charge is 0.492 e. The average molecular weight is 194 g/mol. The zero-order valence-corrected chi connectivity index (χ0v) is 8.19. The summed E-state index contributed by atoms with van der Waals surface area (Å²) in [6.45, 7) is 0.518. The van der Waals surface area contributed by atoms with E-state index in [-0.39, 0.29) is 5.78 Å². The van der Waals surface area contributed by atoms with Crippen molar-refractivity contribution < 1.29 is 9.53 Å². The van der Waals surface area contributed by atoms with E-state index in [0.29, 0.717) is 13.0 Å². The maximum atomic E-state index is 11.6. The third-order valence-corrected chi connectivity index (χ3v) is 2.85. The van der Waals surface area contributed by atoms with Gasteiger partial charge in [0.05, 0.1) is 12.2 Å². The predicted octanol–water partition coefficient (Wildman–Crippen LogP) is 2.37. The molecule has 1 heterocycles. The Balaban J connectivity index is 2.56. The molecule has 0 aromatic heterocycles. The van der Waals surface area contributed by atoms with Gasteiger partial charge in [-0.25, -0.2) is 0 Å². The Morgan fingerprint density at radius 2 is 2.31 bits per heavy atom. The first-order valence-electron chi connectivity index (χ1n) is 4.16. The van der Waals surface area contributed by atoms with Crippen LogP contribution in [0.25, 0.3) is 0 Å². The van der Waals surface area contributed by atoms with E-state index < -0.39 is 0 Å². The van der Waals surface area contributed by atoms with Crippen molar-refractivity contribution in [3.05, 3.63) is 23.8 Å². The first-order valence-corrected chi connectivity index (χ1v) is 5.38. The van der Waals surface area contributed by atoms with E-state index in [1.807, 2.05) is 24.5 Å². The van der Waals surface area contributed by atoms with Crippen LogP contribution in [-0.2, 0) is 0 Å². The average Bonchev–Trinajstić information content (AvgIpc) is 2.17. The van der Waals surface area contributed by atoms with Gasteiger partial charge in [-0.2, -0.15) is 0 Å². The van der Waals surface area contributed by atoms with Gasteiger partial charge in [0.1, 0.15) is 5.75 Å². The van der Waals surface area contributed by atoms with Gasteiger partial charge in [0, 0.05) is 11.3 Å². The number of benzene rings is 1. The summed E-state index contributed by atoms with van der Waals surface area (Å²) in [6.07, 6.45) is 2.47. The zero-order valence-electron chi connectivity index (χ0n) is 7.37. The van der Waals surface area contributed by atoms with Gasteiger partial charge in [0.15, 0.2) is 5.78 Å². The van der Waals surface area contributed by atoms with Gasteiger partial charge in [0.2, 0.25) is 0 Å². The summed E-state index contributed by atoms with van der Waals surface area (Å²) in [5.41, 5.74) is 0.765. The van der Waals surface area contributed by atoms with Crippen LogP contribution in [0.4, 0.5) is 0 Å². The molecule has 0 saturated heterocycles. The highest BCUT2D eigenvalue weighted by atomic mass is 32.2. The zero-order chi connectivity index (χ0) is 9.26. The summed E-state index contributed by atoms with van der Waals surface area (Å²) in [6, 6.07) is 5.73. The fourth-order valence-corrected chi connectivity index (χ4v) is 2.09. The number of fused-ring (bicyclic) bond motifs is 1. The van der Waals surface area contributed by atoms with Crippen molar-refractivity contribution in [2.75, 3.05) is 12.9 Å². The van der Waals surface area contributed by atoms with Gasteiger partial charge in [-0.1, -0.05) is 6.07 Å². The molecule has 0 fully saturated rings. The highest BCUT2D eigenvalue weighted by Crippen LogP contribution is 2.32. The number of Topliss-reactive ketones (excluding diaryl/α,β-unsaturated/α-hetero) is 1. The van der Waals surface area contributed by atoms with E-state index in [1.54, 1.807) is 11.8 Å². The molecular weight excluding hydrogens is 184 g/mol. The molecule has 0 spiro atoms. The summed E-state index contributed by atoms with van der Waals surface area (Å²) >= 11 is 1.59. The summed E-state index contributed by atoms with van der Waals surface area (Å²) < 4.78 is 5.40. The van der Waals surface area contributed by atoms with Crippen LogP contribution in [0.3, 0.4) is 0 Å². The van der Waals surface area contributed by atoms with Crippen LogP contribution >= 0.6 is 11.8 Å². The Labute approximate surface area is 81.3 Å². The first kappa shape index (κ1) is 8.63. The standard InChI is InChI=1S/C10H10O2S/c1-13-9-4-2-3-8-10(9)7(11)5-6-12-8/h2-4H,5-6H2,1H3. The second-order valence-electron chi connectivity index (χ2n) is 2.86. The molecule has 0 radical (unpaired) electrons. The molecule has 0 saturated carbocycles. The minimum atomic E-state index is 0.200. The maximum absolute atomic E-state index is 11.6. The molecule has 0 aliphatic carbocycles. The SMILES string of the molecule is CSc1cccc2c1C(=O)CCO2. The van der Waals surface area contributed by atoms with Crippen molar-refractivity contribution in [2.24, 2.45) is 0 Å². The lowest BCUT2D eigenvalue weighted by atomic mass is 10.1. The first-order chi connectivity index (χ1) is 6.33. The molecule has 0 amide bonds. The number of ether oxygens (including phenoxy) is 1. The Morgan fingerprint density at radius 3 is 3.08 bits per heavy atom. The molecule has 0 bridgehead atoms. The van der Waals surface area contributed by atoms with Crippen LogP contribution in [0.15, 0.2) is 23.1 Å². The number of carbonyl (C=O) groups excluding carboxylic acids is 1. The van der Waals surface area contributed by atoms with Crippen LogP contribution in [0, 0.1) is 0 Å². The van der Waals surface area contributed by atoms with Gasteiger partial charge in [-0.15, -0.1) is 11.8 Å². The molecule has 68 valence electrons. The van der Waals surface area contributed by atoms with Crippen LogP contribution in [-0.4, -0.2) is 18.6 Å². The van der Waals surface area contributed by atoms with Crippen LogP contribution in [0.5, 0.6) is 5.75 Å². The number of thioether (sulfide) groups is 1. The van der Waals surface area contributed by atoms with E-state index in [0.717, 1.165) is 16.2 Å². The molecule has 0 N–H and O–H groups in total. The number of rotatable bonds is 1. The van der Waals surface area contributed by atoms with Crippen molar-refractivity contribution in [3.63, 3.8) is 0 Å². The van der Waals surface area contributed by atoms with Crippen LogP contribution < -0.4 is 4.74 Å². The van der Waals surface area contributed by atoms with Crippen molar-refractivity contribution >= 4 is 17.5 Å². The number of hydrogen-bond acceptors (Lipinski definition) is 3. The Bertz CT molecular complexity index is 333. The molecule has 2 rings (SSSR count). The normalized spacial score (nSPS) is 15.0.